The van der Waals surface area contributed by atoms with Gasteiger partial charge >= 0.3 is 0 Å². The normalized spacial score (nSPS) is 11.9. The van der Waals surface area contributed by atoms with Crippen LogP contribution in [0.5, 0.6) is 0 Å². The molecule has 0 aliphatic carbocycles. The fraction of sp³-hybridized carbons (Fsp3) is 0. The lowest BCUT2D eigenvalue weighted by atomic mass is 9.84. The molecule has 0 spiro atoms. The summed E-state index contributed by atoms with van der Waals surface area (Å²) in [5.74, 6) is 0. The number of hydrogen-bond donors (Lipinski definition) is 0. The Morgan fingerprint density at radius 3 is 0.841 bits per heavy atom. The van der Waals surface area contributed by atoms with Gasteiger partial charge in [0.15, 0.2) is 0 Å². The van der Waals surface area contributed by atoms with Gasteiger partial charge in [0.25, 0.3) is 0 Å². The van der Waals surface area contributed by atoms with Crippen molar-refractivity contribution in [3.63, 3.8) is 0 Å². The molecule has 2 nitrogen and oxygen atoms in total. The van der Waals surface area contributed by atoms with Gasteiger partial charge in [0.05, 0.1) is 0 Å². The van der Waals surface area contributed by atoms with Crippen LogP contribution in [0.2, 0.25) is 0 Å². The second-order valence-corrected chi connectivity index (χ2v) is 23.3. The van der Waals surface area contributed by atoms with Gasteiger partial charge in [-0.2, -0.15) is 0 Å². The van der Waals surface area contributed by atoms with Gasteiger partial charge < -0.3 is 8.83 Å². The molecule has 0 aliphatic heterocycles. The lowest BCUT2D eigenvalue weighted by Crippen LogP contribution is -1.92. The van der Waals surface area contributed by atoms with Gasteiger partial charge in [-0.15, -0.1) is 0 Å². The summed E-state index contributed by atoms with van der Waals surface area (Å²) < 4.78 is 14.2. The molecule has 0 unspecified atom stereocenters. The van der Waals surface area contributed by atoms with Crippen molar-refractivity contribution in [3.05, 3.63) is 315 Å². The van der Waals surface area contributed by atoms with E-state index in [-0.39, 0.29) is 0 Å². The number of benzene rings is 16. The fourth-order valence-corrected chi connectivity index (χ4v) is 14.6. The third kappa shape index (κ3) is 7.76. The highest BCUT2D eigenvalue weighted by molar-refractivity contribution is 6.27. The Morgan fingerprint density at radius 2 is 0.420 bits per heavy atom. The van der Waals surface area contributed by atoms with E-state index in [1.165, 1.54) is 87.2 Å². The van der Waals surface area contributed by atoms with Crippen molar-refractivity contribution in [1.82, 2.24) is 0 Å². The van der Waals surface area contributed by atoms with Crippen LogP contribution in [0.25, 0.3) is 187 Å². The van der Waals surface area contributed by atoms with E-state index in [0.717, 1.165) is 99.5 Å². The standard InChI is InChI=1S/C86H52O2/c1-3-22-53(23-4-1)61-38-18-40-71-73-42-20-44-75(85(73)87-83(61)71)81-67-34-13-9-30-63(67)79(64-31-10-14-35-68(64)81)56-48-46-55(47-49-56)77-51-57-26-7-8-27-58(57)52-78(77)59-28-17-29-60(50-59)80-65-32-11-15-36-69(65)82(70-37-16-12-33-66(70)80)76-45-21-43-74-72-41-19-39-62(84(72)88-86(74)76)54-24-5-2-6-25-54/h1-52H. The van der Waals surface area contributed by atoms with Crippen molar-refractivity contribution in [2.45, 2.75) is 0 Å². The fourth-order valence-electron chi connectivity index (χ4n) is 14.6. The maximum Gasteiger partial charge on any atom is 0.143 e. The molecule has 16 aromatic carbocycles. The molecule has 408 valence electrons. The third-order valence-electron chi connectivity index (χ3n) is 18.5. The Labute approximate surface area is 508 Å². The van der Waals surface area contributed by atoms with Crippen molar-refractivity contribution in [2.75, 3.05) is 0 Å². The van der Waals surface area contributed by atoms with E-state index in [9.17, 15) is 0 Å². The SMILES string of the molecule is c1ccc(-c2cccc3c2oc2c(-c4c5ccccc5c(-c5ccc(-c6cc7ccccc7cc6-c6cccc(-c7c8ccccc8c(-c8cccc9c8oc8c(-c%10ccccc%10)cccc89)c8ccccc78)c6)cc5)c5ccccc45)cccc23)cc1. The summed E-state index contributed by atoms with van der Waals surface area (Å²) in [4.78, 5) is 0. The van der Waals surface area contributed by atoms with Gasteiger partial charge in [0.1, 0.15) is 22.3 Å². The van der Waals surface area contributed by atoms with Crippen LogP contribution in [0.1, 0.15) is 0 Å². The third-order valence-corrected chi connectivity index (χ3v) is 18.5. The van der Waals surface area contributed by atoms with Gasteiger partial charge in [0.2, 0.25) is 0 Å². The molecule has 0 radical (unpaired) electrons. The van der Waals surface area contributed by atoms with Crippen LogP contribution >= 0.6 is 0 Å². The summed E-state index contributed by atoms with van der Waals surface area (Å²) in [5.41, 5.74) is 22.0. The van der Waals surface area contributed by atoms with E-state index >= 15 is 0 Å². The predicted molar refractivity (Wildman–Crippen MR) is 372 cm³/mol. The minimum Gasteiger partial charge on any atom is -0.455 e. The summed E-state index contributed by atoms with van der Waals surface area (Å²) >= 11 is 0. The zero-order chi connectivity index (χ0) is 57.8. The van der Waals surface area contributed by atoms with Crippen molar-refractivity contribution in [2.24, 2.45) is 0 Å². The van der Waals surface area contributed by atoms with Crippen molar-refractivity contribution >= 4 is 97.7 Å². The average Bonchev–Trinajstić information content (AvgIpc) is 1.64. The molecule has 0 fully saturated rings. The van der Waals surface area contributed by atoms with Gasteiger partial charge in [0, 0.05) is 54.9 Å². The summed E-state index contributed by atoms with van der Waals surface area (Å²) in [5, 5.41) is 16.4. The molecule has 2 heteroatoms. The van der Waals surface area contributed by atoms with E-state index in [2.05, 4.69) is 315 Å². The van der Waals surface area contributed by atoms with Gasteiger partial charge in [-0.05, 0) is 128 Å². The summed E-state index contributed by atoms with van der Waals surface area (Å²) in [6.07, 6.45) is 0. The Bertz CT molecular complexity index is 5730. The van der Waals surface area contributed by atoms with Crippen LogP contribution in [0.4, 0.5) is 0 Å². The maximum atomic E-state index is 7.09. The molecule has 2 aromatic heterocycles. The van der Waals surface area contributed by atoms with Gasteiger partial charge in [-0.1, -0.05) is 297 Å². The van der Waals surface area contributed by atoms with Crippen LogP contribution in [-0.4, -0.2) is 0 Å². The predicted octanol–water partition coefficient (Wildman–Crippen LogP) is 24.6. The minimum absolute atomic E-state index is 0.897. The van der Waals surface area contributed by atoms with E-state index < -0.39 is 0 Å². The number of rotatable bonds is 8. The molecule has 0 atom stereocenters. The Balaban J connectivity index is 0.772. The van der Waals surface area contributed by atoms with Crippen molar-refractivity contribution in [3.8, 4) is 89.0 Å². The number of para-hydroxylation sites is 4. The van der Waals surface area contributed by atoms with Gasteiger partial charge in [-0.25, -0.2) is 0 Å². The lowest BCUT2D eigenvalue weighted by molar-refractivity contribution is 0.671. The summed E-state index contributed by atoms with van der Waals surface area (Å²) in [6.45, 7) is 0. The van der Waals surface area contributed by atoms with Crippen LogP contribution in [0.15, 0.2) is 324 Å². The summed E-state index contributed by atoms with van der Waals surface area (Å²) in [7, 11) is 0. The first-order valence-electron chi connectivity index (χ1n) is 30.3. The first-order chi connectivity index (χ1) is 43.7. The van der Waals surface area contributed by atoms with E-state index in [1.54, 1.807) is 0 Å². The molecular formula is C86H52O2. The quantitative estimate of drug-likeness (QED) is 0.142. The van der Waals surface area contributed by atoms with Gasteiger partial charge in [-0.3, -0.25) is 0 Å². The van der Waals surface area contributed by atoms with Crippen LogP contribution in [0.3, 0.4) is 0 Å². The second kappa shape index (κ2) is 20.0. The minimum atomic E-state index is 0.897. The highest BCUT2D eigenvalue weighted by atomic mass is 16.3. The zero-order valence-corrected chi connectivity index (χ0v) is 47.8. The number of fused-ring (bicyclic) bond motifs is 11. The molecule has 0 amide bonds. The van der Waals surface area contributed by atoms with E-state index in [0.29, 0.717) is 0 Å². The van der Waals surface area contributed by atoms with Crippen LogP contribution < -0.4 is 0 Å². The molecule has 2 heterocycles. The zero-order valence-electron chi connectivity index (χ0n) is 47.8. The molecule has 88 heavy (non-hydrogen) atoms. The van der Waals surface area contributed by atoms with Crippen molar-refractivity contribution < 1.29 is 8.83 Å². The topological polar surface area (TPSA) is 26.3 Å². The molecule has 18 rings (SSSR count). The molecule has 0 N–H and O–H groups in total. The first kappa shape index (κ1) is 49.8. The maximum absolute atomic E-state index is 7.09. The number of hydrogen-bond acceptors (Lipinski definition) is 2. The monoisotopic (exact) mass is 1120 g/mol. The van der Waals surface area contributed by atoms with Crippen LogP contribution in [-0.2, 0) is 0 Å². The molecule has 0 saturated heterocycles. The molecule has 0 bridgehead atoms. The smallest absolute Gasteiger partial charge is 0.143 e. The van der Waals surface area contributed by atoms with Crippen LogP contribution in [0, 0.1) is 0 Å². The van der Waals surface area contributed by atoms with E-state index in [1.807, 2.05) is 0 Å². The largest absolute Gasteiger partial charge is 0.455 e. The van der Waals surface area contributed by atoms with Crippen molar-refractivity contribution in [1.29, 1.82) is 0 Å². The molecular weight excluding hydrogens is 1060 g/mol. The Kier molecular flexibility index (Phi) is 11.3. The lowest BCUT2D eigenvalue weighted by Gasteiger charge is -2.19. The first-order valence-corrected chi connectivity index (χ1v) is 30.3. The second-order valence-electron chi connectivity index (χ2n) is 23.3. The Morgan fingerprint density at radius 1 is 0.148 bits per heavy atom. The molecule has 18 aromatic rings. The average molecular weight is 1120 g/mol. The molecule has 0 aliphatic rings. The summed E-state index contributed by atoms with van der Waals surface area (Å²) in [6, 6.07) is 115. The highest BCUT2D eigenvalue weighted by Gasteiger charge is 2.25. The van der Waals surface area contributed by atoms with E-state index in [4.69, 9.17) is 8.83 Å². The number of furan rings is 2. The molecule has 0 saturated carbocycles. The highest BCUT2D eigenvalue weighted by Crippen LogP contribution is 2.51. The Hall–Kier alpha value is -11.6.